The molecule has 2 atom stereocenters. The Kier molecular flexibility index (Phi) is 6.06. The lowest BCUT2D eigenvalue weighted by atomic mass is 9.75. The van der Waals surface area contributed by atoms with E-state index in [2.05, 4.69) is 68.5 Å². The summed E-state index contributed by atoms with van der Waals surface area (Å²) in [4.78, 5) is 0. The van der Waals surface area contributed by atoms with Gasteiger partial charge in [0.1, 0.15) is 0 Å². The van der Waals surface area contributed by atoms with Crippen molar-refractivity contribution in [2.24, 2.45) is 17.3 Å². The molecule has 0 spiro atoms. The molecule has 1 fully saturated rings. The average Bonchev–Trinajstić information content (AvgIpc) is 3.42. The van der Waals surface area contributed by atoms with Crippen molar-refractivity contribution in [3.8, 4) is 0 Å². The van der Waals surface area contributed by atoms with Crippen LogP contribution in [0.2, 0.25) is 0 Å². The third-order valence-electron chi connectivity index (χ3n) is 8.24. The second-order valence-corrected chi connectivity index (χ2v) is 13.0. The van der Waals surface area contributed by atoms with Gasteiger partial charge in [-0.25, -0.2) is 0 Å². The van der Waals surface area contributed by atoms with Crippen molar-refractivity contribution in [3.05, 3.63) is 83.2 Å². The van der Waals surface area contributed by atoms with Gasteiger partial charge in [0, 0.05) is 15.9 Å². The molecule has 5 rings (SSSR count). The number of benzene rings is 2. The van der Waals surface area contributed by atoms with Gasteiger partial charge < -0.3 is 4.57 Å². The summed E-state index contributed by atoms with van der Waals surface area (Å²) >= 11 is 0. The summed E-state index contributed by atoms with van der Waals surface area (Å²) < 4.78 is 15.5. The van der Waals surface area contributed by atoms with Crippen LogP contribution in [-0.2, 0) is 4.57 Å². The highest BCUT2D eigenvalue weighted by molar-refractivity contribution is 7.82. The first kappa shape index (κ1) is 22.0. The molecule has 168 valence electrons. The summed E-state index contributed by atoms with van der Waals surface area (Å²) in [5, 5.41) is 3.27. The smallest absolute Gasteiger partial charge is 0.171 e. The molecule has 0 aromatic heterocycles. The molecule has 3 aliphatic rings. The maximum absolute atomic E-state index is 15.5. The van der Waals surface area contributed by atoms with E-state index < -0.39 is 7.14 Å². The van der Waals surface area contributed by atoms with Crippen LogP contribution in [0.5, 0.6) is 0 Å². The molecule has 2 heteroatoms. The third kappa shape index (κ3) is 3.58. The molecule has 0 unspecified atom stereocenters. The van der Waals surface area contributed by atoms with E-state index in [4.69, 9.17) is 0 Å². The van der Waals surface area contributed by atoms with Crippen molar-refractivity contribution in [3.63, 3.8) is 0 Å². The first-order valence-electron chi connectivity index (χ1n) is 12.8. The molecular weight excluding hydrogens is 407 g/mol. The van der Waals surface area contributed by atoms with Gasteiger partial charge in [-0.2, -0.15) is 0 Å². The zero-order chi connectivity index (χ0) is 22.2. The second kappa shape index (κ2) is 8.83. The largest absolute Gasteiger partial charge is 0.309 e. The number of fused-ring (bicyclic) bond motifs is 2. The van der Waals surface area contributed by atoms with Crippen molar-refractivity contribution in [1.29, 1.82) is 0 Å². The second-order valence-electron chi connectivity index (χ2n) is 10.3. The minimum absolute atomic E-state index is 0.298. The van der Waals surface area contributed by atoms with E-state index >= 15 is 4.57 Å². The molecule has 32 heavy (non-hydrogen) atoms. The van der Waals surface area contributed by atoms with E-state index in [0.717, 1.165) is 17.0 Å². The van der Waals surface area contributed by atoms with Crippen LogP contribution < -0.4 is 10.6 Å². The summed E-state index contributed by atoms with van der Waals surface area (Å²) in [6.07, 6.45) is 13.8. The molecular formula is C30H37OP. The van der Waals surface area contributed by atoms with Crippen molar-refractivity contribution in [2.45, 2.75) is 71.6 Å². The van der Waals surface area contributed by atoms with Crippen LogP contribution in [0.15, 0.2) is 83.2 Å². The molecule has 1 nitrogen and oxygen atoms in total. The maximum atomic E-state index is 15.5. The lowest BCUT2D eigenvalue weighted by Crippen LogP contribution is -2.25. The van der Waals surface area contributed by atoms with Crippen molar-refractivity contribution in [1.82, 2.24) is 0 Å². The van der Waals surface area contributed by atoms with E-state index in [1.807, 2.05) is 12.1 Å². The third-order valence-corrected chi connectivity index (χ3v) is 11.5. The minimum Gasteiger partial charge on any atom is -0.309 e. The number of rotatable bonds is 7. The lowest BCUT2D eigenvalue weighted by Gasteiger charge is -2.35. The fourth-order valence-electron chi connectivity index (χ4n) is 7.13. The molecule has 0 radical (unpaired) electrons. The monoisotopic (exact) mass is 444 g/mol. The highest BCUT2D eigenvalue weighted by atomic mass is 31.2. The molecule has 0 N–H and O–H groups in total. The fraction of sp³-hybridized carbons (Fsp3) is 0.467. The van der Waals surface area contributed by atoms with E-state index in [9.17, 15) is 0 Å². The minimum atomic E-state index is -2.92. The molecule has 2 aromatic carbocycles. The Morgan fingerprint density at radius 3 is 2.03 bits per heavy atom. The Morgan fingerprint density at radius 1 is 0.875 bits per heavy atom. The van der Waals surface area contributed by atoms with E-state index in [-0.39, 0.29) is 0 Å². The van der Waals surface area contributed by atoms with Gasteiger partial charge in [0.15, 0.2) is 7.14 Å². The molecule has 3 aliphatic carbocycles. The normalized spacial score (nSPS) is 24.2. The topological polar surface area (TPSA) is 17.1 Å². The number of hydrogen-bond donors (Lipinski definition) is 0. The molecule has 0 aliphatic heterocycles. The van der Waals surface area contributed by atoms with Crippen molar-refractivity contribution < 1.29 is 4.57 Å². The predicted octanol–water partition coefficient (Wildman–Crippen LogP) is 7.99. The fourth-order valence-corrected chi connectivity index (χ4v) is 10.4. The van der Waals surface area contributed by atoms with Gasteiger partial charge in [-0.1, -0.05) is 99.0 Å². The van der Waals surface area contributed by atoms with Crippen LogP contribution >= 0.6 is 7.14 Å². The van der Waals surface area contributed by atoms with Crippen LogP contribution in [0.1, 0.15) is 71.6 Å². The summed E-state index contributed by atoms with van der Waals surface area (Å²) in [5.41, 5.74) is 3.30. The van der Waals surface area contributed by atoms with Gasteiger partial charge in [-0.3, -0.25) is 0 Å². The highest BCUT2D eigenvalue weighted by Gasteiger charge is 2.49. The van der Waals surface area contributed by atoms with E-state index in [1.165, 1.54) is 67.8 Å². The van der Waals surface area contributed by atoms with Crippen molar-refractivity contribution in [2.75, 3.05) is 0 Å². The van der Waals surface area contributed by atoms with E-state index in [0.29, 0.717) is 17.3 Å². The maximum Gasteiger partial charge on any atom is 0.171 e. The summed E-state index contributed by atoms with van der Waals surface area (Å²) in [7, 11) is -2.92. The summed E-state index contributed by atoms with van der Waals surface area (Å²) in [6, 6.07) is 20.8. The highest BCUT2D eigenvalue weighted by Crippen LogP contribution is 2.66. The Balaban J connectivity index is 1.76. The lowest BCUT2D eigenvalue weighted by molar-refractivity contribution is 0.266. The van der Waals surface area contributed by atoms with Gasteiger partial charge >= 0.3 is 0 Å². The Morgan fingerprint density at radius 2 is 1.47 bits per heavy atom. The van der Waals surface area contributed by atoms with Crippen LogP contribution in [0.4, 0.5) is 0 Å². The van der Waals surface area contributed by atoms with Crippen LogP contribution in [-0.4, -0.2) is 0 Å². The Hall–Kier alpha value is -1.85. The zero-order valence-electron chi connectivity index (χ0n) is 19.7. The number of hydrogen-bond acceptors (Lipinski definition) is 1. The van der Waals surface area contributed by atoms with Crippen LogP contribution in [0.3, 0.4) is 0 Å². The average molecular weight is 445 g/mol. The van der Waals surface area contributed by atoms with Gasteiger partial charge in [-0.05, 0) is 67.8 Å². The van der Waals surface area contributed by atoms with E-state index in [1.54, 1.807) is 0 Å². The van der Waals surface area contributed by atoms with Crippen molar-refractivity contribution >= 4 is 17.8 Å². The molecule has 0 amide bonds. The van der Waals surface area contributed by atoms with Gasteiger partial charge in [0.05, 0.1) is 0 Å². The summed E-state index contributed by atoms with van der Waals surface area (Å²) in [5.74, 6) is 1.21. The Labute approximate surface area is 194 Å². The summed E-state index contributed by atoms with van der Waals surface area (Å²) in [6.45, 7) is 4.65. The van der Waals surface area contributed by atoms with Crippen LogP contribution in [0, 0.1) is 17.3 Å². The number of allylic oxidation sites excluding steroid dienone is 4. The van der Waals surface area contributed by atoms with Gasteiger partial charge in [0.25, 0.3) is 0 Å². The zero-order valence-corrected chi connectivity index (χ0v) is 20.6. The first-order chi connectivity index (χ1) is 15.6. The standard InChI is InChI=1S/C30H37OP/c1-3-18-30(19-4-2)21-24-20-23-12-11-17-27(23)29(28(24)22-30)32(31,25-13-7-5-8-14-25)26-15-9-6-10-16-26/h5-10,13-16,22-24H,3-4,11-12,17-21H2,1-2H3/t23-,24+/m0/s1. The quantitative estimate of drug-likeness (QED) is 0.396. The van der Waals surface area contributed by atoms with Gasteiger partial charge in [0.2, 0.25) is 0 Å². The molecule has 0 saturated heterocycles. The molecule has 0 bridgehead atoms. The molecule has 0 heterocycles. The predicted molar refractivity (Wildman–Crippen MR) is 137 cm³/mol. The van der Waals surface area contributed by atoms with Gasteiger partial charge in [-0.15, -0.1) is 0 Å². The SMILES string of the molecule is CCCC1(CCC)C=C2C(P(=O)(c3ccccc3)c3ccccc3)=C3CCC[C@H]3C[C@@H]2C1. The molecule has 2 aromatic rings. The van der Waals surface area contributed by atoms with Crippen LogP contribution in [0.25, 0.3) is 0 Å². The molecule has 1 saturated carbocycles. The first-order valence-corrected chi connectivity index (χ1v) is 14.5. The Bertz CT molecular complexity index is 1010.